The van der Waals surface area contributed by atoms with Crippen molar-refractivity contribution in [2.75, 3.05) is 13.1 Å². The highest BCUT2D eigenvalue weighted by molar-refractivity contribution is 6.31. The molecule has 1 aliphatic rings. The third kappa shape index (κ3) is 6.57. The van der Waals surface area contributed by atoms with Crippen molar-refractivity contribution >= 4 is 29.4 Å². The van der Waals surface area contributed by atoms with E-state index in [1.165, 1.54) is 5.56 Å². The number of benzene rings is 2. The molecule has 6 nitrogen and oxygen atoms in total. The van der Waals surface area contributed by atoms with Gasteiger partial charge in [-0.15, -0.1) is 0 Å². The largest absolute Gasteiger partial charge is 0.481 e. The first-order valence-corrected chi connectivity index (χ1v) is 11.8. The molecule has 0 aromatic heterocycles. The summed E-state index contributed by atoms with van der Waals surface area (Å²) in [5, 5.41) is 15.4. The Morgan fingerprint density at radius 3 is 2.03 bits per heavy atom. The average molecular weight is 471 g/mol. The van der Waals surface area contributed by atoms with Crippen LogP contribution in [-0.4, -0.2) is 36.0 Å². The van der Waals surface area contributed by atoms with Crippen molar-refractivity contribution in [3.8, 4) is 0 Å². The van der Waals surface area contributed by atoms with Gasteiger partial charge in [0.1, 0.15) is 0 Å². The number of carbonyl (C=O) groups is 3. The summed E-state index contributed by atoms with van der Waals surface area (Å²) in [6.07, 6.45) is 3.78. The monoisotopic (exact) mass is 470 g/mol. The molecule has 0 bridgehead atoms. The van der Waals surface area contributed by atoms with Gasteiger partial charge in [-0.1, -0.05) is 30.7 Å². The summed E-state index contributed by atoms with van der Waals surface area (Å²) in [6, 6.07) is 12.7. The normalized spacial score (nSPS) is 18.9. The van der Waals surface area contributed by atoms with E-state index in [0.717, 1.165) is 31.2 Å². The molecule has 176 valence electrons. The van der Waals surface area contributed by atoms with Gasteiger partial charge in [-0.05, 0) is 85.9 Å². The van der Waals surface area contributed by atoms with Crippen LogP contribution in [0.2, 0.25) is 5.02 Å². The summed E-state index contributed by atoms with van der Waals surface area (Å²) in [5.74, 6) is -0.748. The minimum absolute atomic E-state index is 0.183. The van der Waals surface area contributed by atoms with E-state index >= 15 is 0 Å². The number of halogens is 1. The van der Waals surface area contributed by atoms with Crippen molar-refractivity contribution < 1.29 is 19.5 Å². The van der Waals surface area contributed by atoms with E-state index in [2.05, 4.69) is 10.6 Å². The van der Waals surface area contributed by atoms with Crippen molar-refractivity contribution in [1.29, 1.82) is 0 Å². The lowest BCUT2D eigenvalue weighted by Crippen LogP contribution is -2.34. The quantitative estimate of drug-likeness (QED) is 0.483. The molecule has 3 rings (SSSR count). The summed E-state index contributed by atoms with van der Waals surface area (Å²) >= 11 is 5.99. The summed E-state index contributed by atoms with van der Waals surface area (Å²) in [4.78, 5) is 35.8. The molecular formula is C26H31ClN2O4. The minimum Gasteiger partial charge on any atom is -0.481 e. The molecule has 2 aromatic rings. The van der Waals surface area contributed by atoms with Crippen LogP contribution in [0.1, 0.15) is 70.4 Å². The zero-order chi connectivity index (χ0) is 24.0. The third-order valence-corrected chi connectivity index (χ3v) is 7.05. The molecule has 0 radical (unpaired) electrons. The van der Waals surface area contributed by atoms with Crippen LogP contribution in [0.5, 0.6) is 0 Å². The number of amides is 2. The number of rotatable bonds is 8. The van der Waals surface area contributed by atoms with Gasteiger partial charge >= 0.3 is 5.97 Å². The first-order chi connectivity index (χ1) is 15.8. The van der Waals surface area contributed by atoms with E-state index in [-0.39, 0.29) is 23.7 Å². The Labute approximate surface area is 199 Å². The second-order valence-corrected chi connectivity index (χ2v) is 9.24. The molecule has 0 saturated heterocycles. The lowest BCUT2D eigenvalue weighted by molar-refractivity contribution is -0.143. The lowest BCUT2D eigenvalue weighted by Gasteiger charge is -2.31. The Balaban J connectivity index is 1.42. The summed E-state index contributed by atoms with van der Waals surface area (Å²) in [6.45, 7) is 4.29. The molecular weight excluding hydrogens is 440 g/mol. The highest BCUT2D eigenvalue weighted by Gasteiger charge is 2.29. The Hall–Kier alpha value is -2.86. The van der Waals surface area contributed by atoms with Gasteiger partial charge in [0.05, 0.1) is 5.92 Å². The van der Waals surface area contributed by atoms with E-state index in [9.17, 15) is 19.5 Å². The predicted octanol–water partition coefficient (Wildman–Crippen LogP) is 4.80. The Bertz CT molecular complexity index is 998. The second kappa shape index (κ2) is 11.3. The maximum atomic E-state index is 12.4. The predicted molar refractivity (Wildman–Crippen MR) is 129 cm³/mol. The topological polar surface area (TPSA) is 95.5 Å². The maximum absolute atomic E-state index is 12.4. The fourth-order valence-corrected chi connectivity index (χ4v) is 4.52. The van der Waals surface area contributed by atoms with Gasteiger partial charge in [-0.25, -0.2) is 0 Å². The van der Waals surface area contributed by atoms with E-state index < -0.39 is 5.97 Å². The van der Waals surface area contributed by atoms with Gasteiger partial charge in [-0.2, -0.15) is 0 Å². The van der Waals surface area contributed by atoms with Gasteiger partial charge in [-0.3, -0.25) is 14.4 Å². The second-order valence-electron chi connectivity index (χ2n) is 8.84. The number of hydrogen-bond donors (Lipinski definition) is 3. The molecule has 1 atom stereocenters. The fraction of sp³-hybridized carbons (Fsp3) is 0.423. The highest BCUT2D eigenvalue weighted by Crippen LogP contribution is 2.38. The molecule has 7 heteroatoms. The lowest BCUT2D eigenvalue weighted by atomic mass is 9.74. The minimum atomic E-state index is -0.714. The number of aryl methyl sites for hydroxylation is 1. The Morgan fingerprint density at radius 2 is 1.48 bits per heavy atom. The number of aliphatic carboxylic acids is 1. The number of carboxylic acid groups (broad SMARTS) is 1. The fourth-order valence-electron chi connectivity index (χ4n) is 4.40. The molecule has 33 heavy (non-hydrogen) atoms. The van der Waals surface area contributed by atoms with Gasteiger partial charge in [0.25, 0.3) is 11.8 Å². The van der Waals surface area contributed by atoms with Crippen molar-refractivity contribution in [3.63, 3.8) is 0 Å². The van der Waals surface area contributed by atoms with Gasteiger partial charge in [0.2, 0.25) is 0 Å². The molecule has 2 amide bonds. The van der Waals surface area contributed by atoms with Gasteiger partial charge < -0.3 is 15.7 Å². The summed E-state index contributed by atoms with van der Waals surface area (Å²) in [7, 11) is 0. The van der Waals surface area contributed by atoms with Crippen LogP contribution in [-0.2, 0) is 4.79 Å². The van der Waals surface area contributed by atoms with Crippen molar-refractivity contribution in [3.05, 3.63) is 69.7 Å². The molecule has 2 aromatic carbocycles. The molecule has 3 N–H and O–H groups in total. The van der Waals surface area contributed by atoms with Crippen LogP contribution in [0.15, 0.2) is 42.5 Å². The van der Waals surface area contributed by atoms with Crippen molar-refractivity contribution in [2.24, 2.45) is 11.8 Å². The standard InChI is InChI=1S/C26H31ClN2O4/c1-16-15-22(11-12-23(16)27)25(31)29-14-13-28-24(30)21-9-7-20(8-10-21)19-5-3-18(4-6-19)17(2)26(32)33/h7-12,15,17-19H,3-6,13-14H2,1-2H3,(H,28,30)(H,29,31)(H,32,33)/t17?,18-,19-. The first kappa shape index (κ1) is 24.8. The van der Waals surface area contributed by atoms with Crippen LogP contribution in [0.3, 0.4) is 0 Å². The Kier molecular flexibility index (Phi) is 8.50. The molecule has 1 unspecified atom stereocenters. The van der Waals surface area contributed by atoms with E-state index in [4.69, 9.17) is 11.6 Å². The molecule has 1 saturated carbocycles. The van der Waals surface area contributed by atoms with Crippen LogP contribution >= 0.6 is 11.6 Å². The van der Waals surface area contributed by atoms with Crippen molar-refractivity contribution in [1.82, 2.24) is 10.6 Å². The van der Waals surface area contributed by atoms with Crippen molar-refractivity contribution in [2.45, 2.75) is 45.4 Å². The number of nitrogens with one attached hydrogen (secondary N) is 2. The smallest absolute Gasteiger partial charge is 0.306 e. The zero-order valence-electron chi connectivity index (χ0n) is 19.1. The van der Waals surface area contributed by atoms with E-state index in [0.29, 0.717) is 35.2 Å². The third-order valence-electron chi connectivity index (χ3n) is 6.63. The molecule has 0 heterocycles. The summed E-state index contributed by atoms with van der Waals surface area (Å²) in [5.41, 5.74) is 3.14. The average Bonchev–Trinajstić information content (AvgIpc) is 2.83. The van der Waals surface area contributed by atoms with Crippen LogP contribution in [0.25, 0.3) is 0 Å². The van der Waals surface area contributed by atoms with Gasteiger partial charge in [0.15, 0.2) is 0 Å². The maximum Gasteiger partial charge on any atom is 0.306 e. The SMILES string of the molecule is Cc1cc(C(=O)NCCNC(=O)c2ccc([C@H]3CC[C@H](C(C)C(=O)O)CC3)cc2)ccc1Cl. The zero-order valence-corrected chi connectivity index (χ0v) is 19.8. The van der Waals surface area contributed by atoms with E-state index in [1.807, 2.05) is 31.2 Å². The van der Waals surface area contributed by atoms with Crippen LogP contribution in [0, 0.1) is 18.8 Å². The highest BCUT2D eigenvalue weighted by atomic mass is 35.5. The molecule has 1 aliphatic carbocycles. The summed E-state index contributed by atoms with van der Waals surface area (Å²) < 4.78 is 0. The van der Waals surface area contributed by atoms with Crippen LogP contribution in [0.4, 0.5) is 0 Å². The first-order valence-electron chi connectivity index (χ1n) is 11.4. The van der Waals surface area contributed by atoms with Gasteiger partial charge in [0, 0.05) is 29.2 Å². The van der Waals surface area contributed by atoms with Crippen LogP contribution < -0.4 is 10.6 Å². The number of hydrogen-bond acceptors (Lipinski definition) is 3. The molecule has 0 spiro atoms. The molecule has 0 aliphatic heterocycles. The van der Waals surface area contributed by atoms with E-state index in [1.54, 1.807) is 25.1 Å². The number of carbonyl (C=O) groups excluding carboxylic acids is 2. The Morgan fingerprint density at radius 1 is 0.939 bits per heavy atom. The molecule has 1 fully saturated rings. The number of carboxylic acids is 1.